The third kappa shape index (κ3) is 1.63. The molecule has 3 heteroatoms. The van der Waals surface area contributed by atoms with Crippen LogP contribution >= 0.6 is 0 Å². The second kappa shape index (κ2) is 3.42. The molecule has 1 aliphatic heterocycles. The van der Waals surface area contributed by atoms with Gasteiger partial charge in [0.1, 0.15) is 0 Å². The molecule has 1 fully saturated rings. The van der Waals surface area contributed by atoms with E-state index in [4.69, 9.17) is 9.47 Å². The van der Waals surface area contributed by atoms with Crippen molar-refractivity contribution in [3.05, 3.63) is 35.9 Å². The van der Waals surface area contributed by atoms with Gasteiger partial charge in [-0.2, -0.15) is 0 Å². The van der Waals surface area contributed by atoms with Crippen LogP contribution in [0.4, 0.5) is 0 Å². The molecule has 0 bridgehead atoms. The number of carbonyl (C=O) groups excluding carboxylic acids is 1. The Hall–Kier alpha value is -1.35. The van der Waals surface area contributed by atoms with Crippen molar-refractivity contribution in [2.45, 2.75) is 19.1 Å². The van der Waals surface area contributed by atoms with Gasteiger partial charge in [0.2, 0.25) is 5.79 Å². The Morgan fingerprint density at radius 3 is 2.64 bits per heavy atom. The second-order valence-electron chi connectivity index (χ2n) is 3.38. The van der Waals surface area contributed by atoms with Gasteiger partial charge >= 0.3 is 5.97 Å². The molecule has 3 nitrogen and oxygen atoms in total. The van der Waals surface area contributed by atoms with E-state index >= 15 is 0 Å². The first-order valence-corrected chi connectivity index (χ1v) is 4.62. The average molecular weight is 192 g/mol. The van der Waals surface area contributed by atoms with Crippen LogP contribution in [0.3, 0.4) is 0 Å². The van der Waals surface area contributed by atoms with Gasteiger partial charge in [0, 0.05) is 12.5 Å². The van der Waals surface area contributed by atoms with E-state index in [0.717, 1.165) is 5.56 Å². The highest BCUT2D eigenvalue weighted by molar-refractivity contribution is 5.70. The normalized spacial score (nSPS) is 27.1. The molecule has 0 radical (unpaired) electrons. The van der Waals surface area contributed by atoms with Gasteiger partial charge < -0.3 is 9.47 Å². The lowest BCUT2D eigenvalue weighted by Gasteiger charge is -2.33. The van der Waals surface area contributed by atoms with Crippen LogP contribution in [0.5, 0.6) is 0 Å². The topological polar surface area (TPSA) is 35.5 Å². The summed E-state index contributed by atoms with van der Waals surface area (Å²) in [5.74, 6) is -1.11. The van der Waals surface area contributed by atoms with E-state index in [1.165, 1.54) is 0 Å². The van der Waals surface area contributed by atoms with Gasteiger partial charge in [0.15, 0.2) is 0 Å². The molecular formula is C11H12O3. The van der Waals surface area contributed by atoms with Crippen LogP contribution in [0.2, 0.25) is 0 Å². The van der Waals surface area contributed by atoms with E-state index in [2.05, 4.69) is 0 Å². The minimum Gasteiger partial charge on any atom is -0.429 e. The molecule has 1 saturated heterocycles. The van der Waals surface area contributed by atoms with Crippen molar-refractivity contribution in [1.29, 1.82) is 0 Å². The molecule has 2 rings (SSSR count). The summed E-state index contributed by atoms with van der Waals surface area (Å²) in [5, 5.41) is 0. The molecule has 0 N–H and O–H groups in total. The van der Waals surface area contributed by atoms with E-state index in [1.54, 1.807) is 6.92 Å². The highest BCUT2D eigenvalue weighted by atomic mass is 16.7. The van der Waals surface area contributed by atoms with Gasteiger partial charge in [-0.15, -0.1) is 0 Å². The number of carbonyl (C=O) groups is 1. The van der Waals surface area contributed by atoms with Gasteiger partial charge in [-0.05, 0) is 0 Å². The van der Waals surface area contributed by atoms with Gasteiger partial charge in [-0.1, -0.05) is 30.3 Å². The first-order valence-electron chi connectivity index (χ1n) is 4.62. The number of hydrogen-bond donors (Lipinski definition) is 0. The van der Waals surface area contributed by atoms with Crippen LogP contribution in [0, 0.1) is 0 Å². The van der Waals surface area contributed by atoms with Gasteiger partial charge in [0.05, 0.1) is 13.0 Å². The van der Waals surface area contributed by atoms with E-state index in [9.17, 15) is 4.79 Å². The maximum Gasteiger partial charge on any atom is 0.310 e. The molecule has 0 saturated carbocycles. The highest BCUT2D eigenvalue weighted by Gasteiger charge is 2.35. The Morgan fingerprint density at radius 2 is 2.00 bits per heavy atom. The fraction of sp³-hybridized carbons (Fsp3) is 0.364. The standard InChI is InChI=1S/C11H12O3/c1-11(9-5-3-2-4-6-9)13-8-7-10(12)14-11/h2-6H,7-8H2,1H3. The lowest BCUT2D eigenvalue weighted by Crippen LogP contribution is -2.37. The third-order valence-electron chi connectivity index (χ3n) is 2.29. The molecule has 1 aliphatic rings. The molecule has 14 heavy (non-hydrogen) atoms. The van der Waals surface area contributed by atoms with Gasteiger partial charge in [0.25, 0.3) is 0 Å². The van der Waals surface area contributed by atoms with Crippen molar-refractivity contribution >= 4 is 5.97 Å². The molecule has 0 aromatic heterocycles. The van der Waals surface area contributed by atoms with Crippen LogP contribution < -0.4 is 0 Å². The van der Waals surface area contributed by atoms with Crippen LogP contribution in [-0.4, -0.2) is 12.6 Å². The average Bonchev–Trinajstić information content (AvgIpc) is 2.19. The summed E-state index contributed by atoms with van der Waals surface area (Å²) in [5.41, 5.74) is 0.869. The number of benzene rings is 1. The molecule has 1 heterocycles. The zero-order chi connectivity index (χ0) is 10.0. The Balaban J connectivity index is 2.27. The van der Waals surface area contributed by atoms with Crippen molar-refractivity contribution in [2.75, 3.05) is 6.61 Å². The van der Waals surface area contributed by atoms with Crippen LogP contribution in [0.25, 0.3) is 0 Å². The largest absolute Gasteiger partial charge is 0.429 e. The molecule has 1 aromatic carbocycles. The molecule has 0 spiro atoms. The van der Waals surface area contributed by atoms with Crippen molar-refractivity contribution in [1.82, 2.24) is 0 Å². The fourth-order valence-corrected chi connectivity index (χ4v) is 1.51. The predicted molar refractivity (Wildman–Crippen MR) is 50.5 cm³/mol. The van der Waals surface area contributed by atoms with Gasteiger partial charge in [-0.25, -0.2) is 0 Å². The first kappa shape index (κ1) is 9.21. The lowest BCUT2D eigenvalue weighted by molar-refractivity contribution is -0.251. The maximum absolute atomic E-state index is 11.1. The monoisotopic (exact) mass is 192 g/mol. The number of cyclic esters (lactones) is 1. The molecule has 74 valence electrons. The number of hydrogen-bond acceptors (Lipinski definition) is 3. The SMILES string of the molecule is CC1(c2ccccc2)OCCC(=O)O1. The van der Waals surface area contributed by atoms with Crippen molar-refractivity contribution in [3.63, 3.8) is 0 Å². The van der Waals surface area contributed by atoms with Crippen molar-refractivity contribution < 1.29 is 14.3 Å². The molecular weight excluding hydrogens is 180 g/mol. The van der Waals surface area contributed by atoms with Crippen LogP contribution in [0.1, 0.15) is 18.9 Å². The Morgan fingerprint density at radius 1 is 1.29 bits per heavy atom. The van der Waals surface area contributed by atoms with E-state index in [-0.39, 0.29) is 5.97 Å². The van der Waals surface area contributed by atoms with E-state index in [1.807, 2.05) is 30.3 Å². The molecule has 0 amide bonds. The molecule has 1 unspecified atom stereocenters. The van der Waals surface area contributed by atoms with Crippen molar-refractivity contribution in [3.8, 4) is 0 Å². The number of rotatable bonds is 1. The Labute approximate surface area is 82.6 Å². The Kier molecular flexibility index (Phi) is 2.25. The van der Waals surface area contributed by atoms with Crippen LogP contribution in [-0.2, 0) is 20.1 Å². The summed E-state index contributed by atoms with van der Waals surface area (Å²) in [6.45, 7) is 2.18. The Bertz CT molecular complexity index is 334. The summed E-state index contributed by atoms with van der Waals surface area (Å²) in [7, 11) is 0. The van der Waals surface area contributed by atoms with E-state index < -0.39 is 5.79 Å². The zero-order valence-electron chi connectivity index (χ0n) is 8.03. The summed E-state index contributed by atoms with van der Waals surface area (Å²) >= 11 is 0. The van der Waals surface area contributed by atoms with Crippen molar-refractivity contribution in [2.24, 2.45) is 0 Å². The summed E-state index contributed by atoms with van der Waals surface area (Å²) in [6, 6.07) is 9.48. The molecule has 1 aromatic rings. The minimum absolute atomic E-state index is 0.206. The fourth-order valence-electron chi connectivity index (χ4n) is 1.51. The minimum atomic E-state index is -0.906. The number of ether oxygens (including phenoxy) is 2. The third-order valence-corrected chi connectivity index (χ3v) is 2.29. The molecule has 1 atom stereocenters. The zero-order valence-corrected chi connectivity index (χ0v) is 8.03. The second-order valence-corrected chi connectivity index (χ2v) is 3.38. The van der Waals surface area contributed by atoms with Crippen LogP contribution in [0.15, 0.2) is 30.3 Å². The first-order chi connectivity index (χ1) is 6.71. The summed E-state index contributed by atoms with van der Waals surface area (Å²) < 4.78 is 10.7. The smallest absolute Gasteiger partial charge is 0.310 e. The maximum atomic E-state index is 11.1. The molecule has 0 aliphatic carbocycles. The highest BCUT2D eigenvalue weighted by Crippen LogP contribution is 2.30. The number of esters is 1. The predicted octanol–water partition coefficient (Wildman–Crippen LogP) is 1.82. The lowest BCUT2D eigenvalue weighted by atomic mass is 10.1. The van der Waals surface area contributed by atoms with E-state index in [0.29, 0.717) is 13.0 Å². The quantitative estimate of drug-likeness (QED) is 0.637. The van der Waals surface area contributed by atoms with Gasteiger partial charge in [-0.3, -0.25) is 4.79 Å². The summed E-state index contributed by atoms with van der Waals surface area (Å²) in [6.07, 6.45) is 0.336. The summed E-state index contributed by atoms with van der Waals surface area (Å²) in [4.78, 5) is 11.1.